The lowest BCUT2D eigenvalue weighted by molar-refractivity contribution is 0.0352. The summed E-state index contributed by atoms with van der Waals surface area (Å²) >= 11 is 0. The molecule has 0 N–H and O–H groups in total. The standard InChI is InChI=1S/C22H28N4O3/c1-13(2)26-21-19(12-23-26)18(22(27)25-8-6-16(28-5)7-9-25)11-20(24-21)17-10-14(3)29-15(17)4/h10-13,16H,6-9H2,1-5H3. The summed E-state index contributed by atoms with van der Waals surface area (Å²) in [5.41, 5.74) is 3.02. The lowest BCUT2D eigenvalue weighted by Gasteiger charge is -2.31. The number of likely N-dealkylation sites (tertiary alicyclic amines) is 1. The molecule has 1 aliphatic heterocycles. The molecular formula is C22H28N4O3. The molecule has 0 bridgehead atoms. The Balaban J connectivity index is 1.82. The van der Waals surface area contributed by atoms with Gasteiger partial charge in [-0.25, -0.2) is 9.67 Å². The minimum atomic E-state index is 0.0226. The van der Waals surface area contributed by atoms with Crippen LogP contribution < -0.4 is 0 Å². The number of amides is 1. The topological polar surface area (TPSA) is 73.4 Å². The highest BCUT2D eigenvalue weighted by Gasteiger charge is 2.27. The van der Waals surface area contributed by atoms with Gasteiger partial charge in [0.1, 0.15) is 11.5 Å². The third-order valence-electron chi connectivity index (χ3n) is 5.67. The van der Waals surface area contributed by atoms with Crippen molar-refractivity contribution in [3.63, 3.8) is 0 Å². The molecule has 1 amide bonds. The fourth-order valence-corrected chi connectivity index (χ4v) is 4.06. The van der Waals surface area contributed by atoms with E-state index in [1.807, 2.05) is 35.6 Å². The number of pyridine rings is 1. The smallest absolute Gasteiger partial charge is 0.254 e. The molecule has 1 saturated heterocycles. The SMILES string of the molecule is COC1CCN(C(=O)c2cc(-c3cc(C)oc3C)nc3c2cnn3C(C)C)CC1. The Morgan fingerprint density at radius 3 is 2.55 bits per heavy atom. The number of piperidine rings is 1. The van der Waals surface area contributed by atoms with Crippen LogP contribution in [0.25, 0.3) is 22.3 Å². The van der Waals surface area contributed by atoms with Gasteiger partial charge in [-0.2, -0.15) is 5.10 Å². The van der Waals surface area contributed by atoms with Crippen molar-refractivity contribution in [2.45, 2.75) is 52.7 Å². The zero-order valence-electron chi connectivity index (χ0n) is 17.7. The molecule has 3 aromatic rings. The van der Waals surface area contributed by atoms with Crippen molar-refractivity contribution in [2.24, 2.45) is 0 Å². The quantitative estimate of drug-likeness (QED) is 0.663. The number of furan rings is 1. The molecule has 0 atom stereocenters. The van der Waals surface area contributed by atoms with E-state index in [1.165, 1.54) is 0 Å². The van der Waals surface area contributed by atoms with Crippen LogP contribution in [0.2, 0.25) is 0 Å². The van der Waals surface area contributed by atoms with Crippen LogP contribution >= 0.6 is 0 Å². The van der Waals surface area contributed by atoms with Crippen LogP contribution in [0.4, 0.5) is 0 Å². The molecule has 0 radical (unpaired) electrons. The lowest BCUT2D eigenvalue weighted by Crippen LogP contribution is -2.40. The van der Waals surface area contributed by atoms with E-state index in [4.69, 9.17) is 14.1 Å². The number of hydrogen-bond donors (Lipinski definition) is 0. The van der Waals surface area contributed by atoms with Gasteiger partial charge in [-0.05, 0) is 52.7 Å². The van der Waals surface area contributed by atoms with Crippen LogP contribution in [0.1, 0.15) is 54.6 Å². The number of aromatic nitrogens is 3. The highest BCUT2D eigenvalue weighted by molar-refractivity contribution is 6.06. The number of hydrogen-bond acceptors (Lipinski definition) is 5. The first-order valence-corrected chi connectivity index (χ1v) is 10.2. The van der Waals surface area contributed by atoms with Crippen molar-refractivity contribution in [3.8, 4) is 11.3 Å². The Kier molecular flexibility index (Phi) is 5.17. The Bertz CT molecular complexity index is 1040. The number of ether oxygens (including phenoxy) is 1. The second kappa shape index (κ2) is 7.63. The predicted molar refractivity (Wildman–Crippen MR) is 111 cm³/mol. The van der Waals surface area contributed by atoms with Gasteiger partial charge in [-0.3, -0.25) is 4.79 Å². The molecule has 0 saturated carbocycles. The minimum Gasteiger partial charge on any atom is -0.466 e. The van der Waals surface area contributed by atoms with Gasteiger partial charge in [0.2, 0.25) is 0 Å². The third-order valence-corrected chi connectivity index (χ3v) is 5.67. The average Bonchev–Trinajstić information content (AvgIpc) is 3.29. The van der Waals surface area contributed by atoms with Crippen LogP contribution in [-0.4, -0.2) is 51.9 Å². The number of methoxy groups -OCH3 is 1. The molecule has 154 valence electrons. The number of fused-ring (bicyclic) bond motifs is 1. The van der Waals surface area contributed by atoms with Crippen molar-refractivity contribution in [2.75, 3.05) is 20.2 Å². The number of carbonyl (C=O) groups is 1. The van der Waals surface area contributed by atoms with Gasteiger partial charge in [0.05, 0.1) is 28.9 Å². The van der Waals surface area contributed by atoms with E-state index in [0.29, 0.717) is 18.7 Å². The number of nitrogens with zero attached hydrogens (tertiary/aromatic N) is 4. The Labute approximate surface area is 170 Å². The molecule has 4 rings (SSSR count). The van der Waals surface area contributed by atoms with Gasteiger partial charge >= 0.3 is 0 Å². The summed E-state index contributed by atoms with van der Waals surface area (Å²) in [7, 11) is 1.73. The summed E-state index contributed by atoms with van der Waals surface area (Å²) in [6, 6.07) is 4.00. The van der Waals surface area contributed by atoms with Crippen LogP contribution in [-0.2, 0) is 4.74 Å². The molecular weight excluding hydrogens is 368 g/mol. The highest BCUT2D eigenvalue weighted by Crippen LogP contribution is 2.31. The molecule has 29 heavy (non-hydrogen) atoms. The molecule has 7 heteroatoms. The predicted octanol–water partition coefficient (Wildman–Crippen LogP) is 4.14. The van der Waals surface area contributed by atoms with Gasteiger partial charge in [0.25, 0.3) is 5.91 Å². The molecule has 1 aliphatic rings. The molecule has 1 fully saturated rings. The van der Waals surface area contributed by atoms with Crippen molar-refractivity contribution < 1.29 is 13.9 Å². The lowest BCUT2D eigenvalue weighted by atomic mass is 10.0. The second-order valence-electron chi connectivity index (χ2n) is 8.03. The third kappa shape index (κ3) is 3.55. The minimum absolute atomic E-state index is 0.0226. The van der Waals surface area contributed by atoms with E-state index in [9.17, 15) is 4.79 Å². The Hall–Kier alpha value is -2.67. The first-order valence-electron chi connectivity index (χ1n) is 10.2. The molecule has 4 heterocycles. The molecule has 0 spiro atoms. The Morgan fingerprint density at radius 1 is 1.24 bits per heavy atom. The van der Waals surface area contributed by atoms with Gasteiger partial charge in [-0.1, -0.05) is 0 Å². The molecule has 3 aromatic heterocycles. The normalized spacial score (nSPS) is 15.6. The van der Waals surface area contributed by atoms with Gasteiger partial charge in [0, 0.05) is 31.8 Å². The fourth-order valence-electron chi connectivity index (χ4n) is 4.06. The molecule has 0 unspecified atom stereocenters. The van der Waals surface area contributed by atoms with E-state index in [-0.39, 0.29) is 18.1 Å². The van der Waals surface area contributed by atoms with Crippen LogP contribution in [0.5, 0.6) is 0 Å². The largest absolute Gasteiger partial charge is 0.466 e. The maximum atomic E-state index is 13.5. The molecule has 0 aliphatic carbocycles. The van der Waals surface area contributed by atoms with E-state index in [1.54, 1.807) is 13.3 Å². The summed E-state index contributed by atoms with van der Waals surface area (Å²) in [6.45, 7) is 9.35. The monoisotopic (exact) mass is 396 g/mol. The number of rotatable bonds is 4. The summed E-state index contributed by atoms with van der Waals surface area (Å²) < 4.78 is 13.0. The molecule has 7 nitrogen and oxygen atoms in total. The fraction of sp³-hybridized carbons (Fsp3) is 0.500. The summed E-state index contributed by atoms with van der Waals surface area (Å²) in [5, 5.41) is 5.30. The highest BCUT2D eigenvalue weighted by atomic mass is 16.5. The number of aryl methyl sites for hydroxylation is 2. The summed E-state index contributed by atoms with van der Waals surface area (Å²) in [5.74, 6) is 1.64. The Morgan fingerprint density at radius 2 is 1.97 bits per heavy atom. The zero-order chi connectivity index (χ0) is 20.7. The second-order valence-corrected chi connectivity index (χ2v) is 8.03. The van der Waals surface area contributed by atoms with E-state index in [0.717, 1.165) is 46.7 Å². The average molecular weight is 396 g/mol. The maximum Gasteiger partial charge on any atom is 0.254 e. The van der Waals surface area contributed by atoms with Crippen LogP contribution in [0, 0.1) is 13.8 Å². The van der Waals surface area contributed by atoms with Crippen LogP contribution in [0.15, 0.2) is 22.7 Å². The van der Waals surface area contributed by atoms with Crippen molar-refractivity contribution in [1.29, 1.82) is 0 Å². The zero-order valence-corrected chi connectivity index (χ0v) is 17.7. The number of carbonyl (C=O) groups excluding carboxylic acids is 1. The first-order chi connectivity index (χ1) is 13.9. The molecule has 0 aromatic carbocycles. The van der Waals surface area contributed by atoms with Gasteiger partial charge < -0.3 is 14.1 Å². The van der Waals surface area contributed by atoms with E-state index in [2.05, 4.69) is 18.9 Å². The van der Waals surface area contributed by atoms with E-state index >= 15 is 0 Å². The van der Waals surface area contributed by atoms with Crippen molar-refractivity contribution in [1.82, 2.24) is 19.7 Å². The summed E-state index contributed by atoms with van der Waals surface area (Å²) in [4.78, 5) is 20.2. The van der Waals surface area contributed by atoms with Crippen molar-refractivity contribution >= 4 is 16.9 Å². The van der Waals surface area contributed by atoms with Crippen molar-refractivity contribution in [3.05, 3.63) is 35.4 Å². The van der Waals surface area contributed by atoms with E-state index < -0.39 is 0 Å². The first kappa shape index (κ1) is 19.6. The van der Waals surface area contributed by atoms with Gasteiger partial charge in [-0.15, -0.1) is 0 Å². The van der Waals surface area contributed by atoms with Gasteiger partial charge in [0.15, 0.2) is 5.65 Å². The maximum absolute atomic E-state index is 13.5. The van der Waals surface area contributed by atoms with Crippen LogP contribution in [0.3, 0.4) is 0 Å². The summed E-state index contributed by atoms with van der Waals surface area (Å²) in [6.07, 6.45) is 3.70.